The van der Waals surface area contributed by atoms with E-state index in [-0.39, 0.29) is 18.2 Å². The van der Waals surface area contributed by atoms with Crippen LogP contribution < -0.4 is 14.9 Å². The van der Waals surface area contributed by atoms with Crippen LogP contribution in [0.15, 0.2) is 87.3 Å². The Bertz CT molecular complexity index is 1270. The zero-order valence-corrected chi connectivity index (χ0v) is 19.8. The third-order valence-corrected chi connectivity index (χ3v) is 7.28. The quantitative estimate of drug-likeness (QED) is 0.355. The normalized spacial score (nSPS) is 12.9. The number of amides is 1. The van der Waals surface area contributed by atoms with Crippen molar-refractivity contribution in [2.45, 2.75) is 11.4 Å². The minimum absolute atomic E-state index is 0.0446. The molecule has 8 nitrogen and oxygen atoms in total. The Morgan fingerprint density at radius 3 is 2.36 bits per heavy atom. The first-order valence-corrected chi connectivity index (χ1v) is 12.2. The molecule has 170 valence electrons. The number of hydrogen-bond acceptors (Lipinski definition) is 6. The van der Waals surface area contributed by atoms with Gasteiger partial charge >= 0.3 is 0 Å². The average Bonchev–Trinajstić information content (AvgIpc) is 3.27. The number of halogens is 1. The maximum atomic E-state index is 13.2. The number of nitrogens with zero attached hydrogens (tertiary/aromatic N) is 2. The molecular formula is C23H20BrN3O5S. The van der Waals surface area contributed by atoms with Crippen molar-refractivity contribution in [3.63, 3.8) is 0 Å². The number of benzene rings is 3. The number of carbonyl (C=O) groups is 1. The first-order valence-electron chi connectivity index (χ1n) is 9.93. The van der Waals surface area contributed by atoms with E-state index in [0.29, 0.717) is 21.5 Å². The molecule has 4 rings (SSSR count). The highest BCUT2D eigenvalue weighted by atomic mass is 79.9. The Labute approximate surface area is 200 Å². The summed E-state index contributed by atoms with van der Waals surface area (Å²) in [6.45, 7) is -0.207. The molecule has 0 aliphatic carbocycles. The lowest BCUT2D eigenvalue weighted by Gasteiger charge is -2.21. The van der Waals surface area contributed by atoms with Gasteiger partial charge < -0.3 is 9.47 Å². The summed E-state index contributed by atoms with van der Waals surface area (Å²) in [7, 11) is -3.90. The summed E-state index contributed by atoms with van der Waals surface area (Å²) in [6, 6.07) is 20.6. The van der Waals surface area contributed by atoms with Gasteiger partial charge in [0.2, 0.25) is 16.8 Å². The number of sulfonamides is 1. The highest BCUT2D eigenvalue weighted by Gasteiger charge is 2.26. The van der Waals surface area contributed by atoms with Crippen LogP contribution in [-0.2, 0) is 21.4 Å². The van der Waals surface area contributed by atoms with E-state index in [4.69, 9.17) is 9.47 Å². The van der Waals surface area contributed by atoms with Crippen molar-refractivity contribution in [2.75, 3.05) is 13.3 Å². The van der Waals surface area contributed by atoms with Crippen LogP contribution in [0.4, 0.5) is 0 Å². The SMILES string of the molecule is O=C(CN(Cc1ccccc1)S(=O)(=O)c1ccccc1)NN=Cc1cc2c(cc1Br)OCO2. The van der Waals surface area contributed by atoms with Crippen molar-refractivity contribution in [1.82, 2.24) is 9.73 Å². The minimum Gasteiger partial charge on any atom is -0.454 e. The van der Waals surface area contributed by atoms with Crippen molar-refractivity contribution in [3.8, 4) is 11.5 Å². The van der Waals surface area contributed by atoms with Crippen LogP contribution in [-0.4, -0.2) is 38.2 Å². The molecule has 0 fully saturated rings. The molecule has 33 heavy (non-hydrogen) atoms. The third kappa shape index (κ3) is 5.59. The molecule has 1 amide bonds. The van der Waals surface area contributed by atoms with E-state index in [9.17, 15) is 13.2 Å². The predicted octanol–water partition coefficient (Wildman–Crippen LogP) is 3.52. The first kappa shape index (κ1) is 23.0. The van der Waals surface area contributed by atoms with Crippen molar-refractivity contribution in [2.24, 2.45) is 5.10 Å². The van der Waals surface area contributed by atoms with E-state index in [1.807, 2.05) is 18.2 Å². The Kier molecular flexibility index (Phi) is 7.07. The lowest BCUT2D eigenvalue weighted by molar-refractivity contribution is -0.121. The Hall–Kier alpha value is -3.21. The molecule has 0 saturated heterocycles. The maximum absolute atomic E-state index is 13.2. The molecule has 0 atom stereocenters. The van der Waals surface area contributed by atoms with E-state index in [1.165, 1.54) is 18.3 Å². The van der Waals surface area contributed by atoms with Crippen LogP contribution in [0.3, 0.4) is 0 Å². The second-order valence-corrected chi connectivity index (χ2v) is 9.88. The lowest BCUT2D eigenvalue weighted by Crippen LogP contribution is -2.39. The molecule has 3 aromatic rings. The summed E-state index contributed by atoms with van der Waals surface area (Å²) >= 11 is 3.42. The average molecular weight is 530 g/mol. The van der Waals surface area contributed by atoms with Crippen molar-refractivity contribution in [3.05, 3.63) is 88.4 Å². The van der Waals surface area contributed by atoms with Gasteiger partial charge in [0.15, 0.2) is 11.5 Å². The Balaban J connectivity index is 1.49. The van der Waals surface area contributed by atoms with Crippen LogP contribution in [0.2, 0.25) is 0 Å². The summed E-state index contributed by atoms with van der Waals surface area (Å²) in [4.78, 5) is 12.7. The van der Waals surface area contributed by atoms with Gasteiger partial charge in [-0.25, -0.2) is 13.8 Å². The lowest BCUT2D eigenvalue weighted by atomic mass is 10.2. The number of rotatable bonds is 8. The molecule has 0 bridgehead atoms. The third-order valence-electron chi connectivity index (χ3n) is 4.79. The van der Waals surface area contributed by atoms with Crippen molar-refractivity contribution >= 4 is 38.1 Å². The zero-order valence-electron chi connectivity index (χ0n) is 17.3. The van der Waals surface area contributed by atoms with Crippen LogP contribution in [0.25, 0.3) is 0 Å². The molecule has 1 aliphatic rings. The molecule has 0 radical (unpaired) electrons. The molecule has 3 aromatic carbocycles. The Morgan fingerprint density at radius 2 is 1.67 bits per heavy atom. The molecular weight excluding hydrogens is 510 g/mol. The smallest absolute Gasteiger partial charge is 0.255 e. The summed E-state index contributed by atoms with van der Waals surface area (Å²) < 4.78 is 38.9. The molecule has 1 N–H and O–H groups in total. The number of hydrogen-bond donors (Lipinski definition) is 1. The molecule has 1 aliphatic heterocycles. The van der Waals surface area contributed by atoms with Crippen molar-refractivity contribution < 1.29 is 22.7 Å². The zero-order chi connectivity index (χ0) is 23.3. The fourth-order valence-corrected chi connectivity index (χ4v) is 4.99. The van der Waals surface area contributed by atoms with E-state index < -0.39 is 22.5 Å². The monoisotopic (exact) mass is 529 g/mol. The highest BCUT2D eigenvalue weighted by molar-refractivity contribution is 9.10. The van der Waals surface area contributed by atoms with Gasteiger partial charge in [-0.2, -0.15) is 9.41 Å². The largest absolute Gasteiger partial charge is 0.454 e. The van der Waals surface area contributed by atoms with Crippen LogP contribution in [0.5, 0.6) is 11.5 Å². The molecule has 0 unspecified atom stereocenters. The van der Waals surface area contributed by atoms with Gasteiger partial charge in [-0.3, -0.25) is 4.79 Å². The number of carbonyl (C=O) groups excluding carboxylic acids is 1. The number of nitrogens with one attached hydrogen (secondary N) is 1. The number of ether oxygens (including phenoxy) is 2. The van der Waals surface area contributed by atoms with Gasteiger partial charge in [0, 0.05) is 16.6 Å². The van der Waals surface area contributed by atoms with E-state index in [2.05, 4.69) is 26.5 Å². The molecule has 1 heterocycles. The molecule has 0 spiro atoms. The number of hydrazone groups is 1. The molecule has 0 saturated carbocycles. The highest BCUT2D eigenvalue weighted by Crippen LogP contribution is 2.36. The van der Waals surface area contributed by atoms with Crippen LogP contribution in [0, 0.1) is 0 Å². The van der Waals surface area contributed by atoms with Crippen molar-refractivity contribution in [1.29, 1.82) is 0 Å². The van der Waals surface area contributed by atoms with Gasteiger partial charge in [0.1, 0.15) is 0 Å². The topological polar surface area (TPSA) is 97.3 Å². The fourth-order valence-electron chi connectivity index (χ4n) is 3.16. The summed E-state index contributed by atoms with van der Waals surface area (Å²) in [6.07, 6.45) is 1.44. The summed E-state index contributed by atoms with van der Waals surface area (Å²) in [5.74, 6) is 0.623. The first-order chi connectivity index (χ1) is 15.9. The van der Waals surface area contributed by atoms with E-state index in [0.717, 1.165) is 9.87 Å². The van der Waals surface area contributed by atoms with Gasteiger partial charge in [-0.05, 0) is 45.8 Å². The molecule has 10 heteroatoms. The van der Waals surface area contributed by atoms with Crippen LogP contribution in [0.1, 0.15) is 11.1 Å². The van der Waals surface area contributed by atoms with Gasteiger partial charge in [-0.15, -0.1) is 0 Å². The summed E-state index contributed by atoms with van der Waals surface area (Å²) in [5, 5.41) is 3.97. The minimum atomic E-state index is -3.90. The predicted molar refractivity (Wildman–Crippen MR) is 126 cm³/mol. The second-order valence-electron chi connectivity index (χ2n) is 7.09. The van der Waals surface area contributed by atoms with Gasteiger partial charge in [0.25, 0.3) is 5.91 Å². The second kappa shape index (κ2) is 10.2. The standard InChI is InChI=1S/C23H20BrN3O5S/c24-20-12-22-21(31-16-32-22)11-18(20)13-25-26-23(28)15-27(14-17-7-3-1-4-8-17)33(29,30)19-9-5-2-6-10-19/h1-13H,14-16H2,(H,26,28). The number of fused-ring (bicyclic) bond motifs is 1. The fraction of sp³-hybridized carbons (Fsp3) is 0.130. The Morgan fingerprint density at radius 1 is 1.03 bits per heavy atom. The summed E-state index contributed by atoms with van der Waals surface area (Å²) in [5.41, 5.74) is 3.82. The molecule has 0 aromatic heterocycles. The van der Waals surface area contributed by atoms with Gasteiger partial charge in [0.05, 0.1) is 17.7 Å². The van der Waals surface area contributed by atoms with Crippen LogP contribution >= 0.6 is 15.9 Å². The van der Waals surface area contributed by atoms with E-state index >= 15 is 0 Å². The van der Waals surface area contributed by atoms with E-state index in [1.54, 1.807) is 42.5 Å². The van der Waals surface area contributed by atoms with Gasteiger partial charge in [-0.1, -0.05) is 48.5 Å². The maximum Gasteiger partial charge on any atom is 0.255 e.